The molecule has 0 aromatic heterocycles. The van der Waals surface area contributed by atoms with Crippen molar-refractivity contribution >= 4 is 5.97 Å². The summed E-state index contributed by atoms with van der Waals surface area (Å²) in [6, 6.07) is 0. The lowest BCUT2D eigenvalue weighted by molar-refractivity contribution is -0.769. The molecule has 92 valence electrons. The highest BCUT2D eigenvalue weighted by atomic mass is 17.0. The molecule has 0 saturated heterocycles. The topological polar surface area (TPSA) is 89.7 Å². The van der Waals surface area contributed by atoms with Crippen molar-refractivity contribution in [2.45, 2.75) is 45.6 Å². The van der Waals surface area contributed by atoms with Gasteiger partial charge in [-0.2, -0.15) is 0 Å². The first kappa shape index (κ1) is 12.7. The molecule has 0 radical (unpaired) electrons. The lowest BCUT2D eigenvalue weighted by atomic mass is 9.70. The summed E-state index contributed by atoms with van der Waals surface area (Å²) in [5, 5.41) is 18.4. The maximum Gasteiger partial charge on any atom is 0.309 e. The van der Waals surface area contributed by atoms with E-state index in [1.165, 1.54) is 0 Å². The summed E-state index contributed by atoms with van der Waals surface area (Å²) in [6.07, 6.45) is 2.08. The Morgan fingerprint density at radius 1 is 1.38 bits per heavy atom. The van der Waals surface area contributed by atoms with Gasteiger partial charge in [-0.15, -0.1) is 10.1 Å². The van der Waals surface area contributed by atoms with Crippen LogP contribution >= 0.6 is 0 Å². The van der Waals surface area contributed by atoms with Gasteiger partial charge < -0.3 is 9.94 Å². The first-order valence-corrected chi connectivity index (χ1v) is 5.38. The van der Waals surface area contributed by atoms with E-state index >= 15 is 0 Å². The van der Waals surface area contributed by atoms with Crippen molar-refractivity contribution in [2.75, 3.05) is 0 Å². The van der Waals surface area contributed by atoms with Crippen LogP contribution in [0.5, 0.6) is 0 Å². The summed E-state index contributed by atoms with van der Waals surface area (Å²) in [5.41, 5.74) is -0.764. The fourth-order valence-electron chi connectivity index (χ4n) is 2.19. The lowest BCUT2D eigenvalue weighted by Gasteiger charge is -2.35. The van der Waals surface area contributed by atoms with Gasteiger partial charge in [0.05, 0.1) is 5.41 Å². The Labute approximate surface area is 93.7 Å². The molecule has 0 amide bonds. The van der Waals surface area contributed by atoms with Crippen LogP contribution in [0.2, 0.25) is 0 Å². The molecule has 1 aliphatic rings. The van der Waals surface area contributed by atoms with Gasteiger partial charge in [-0.3, -0.25) is 4.79 Å². The number of rotatable bonds is 4. The molecule has 0 aliphatic heterocycles. The number of hydrogen-bond donors (Lipinski definition) is 1. The van der Waals surface area contributed by atoms with Crippen molar-refractivity contribution in [3.8, 4) is 0 Å². The molecule has 0 aromatic carbocycles. The standard InChI is InChI=1S/C10H17NO5/c1-10(2,9(12)13)7-3-5-8(6-4-7)16-11(14)15/h7-8H,3-6H2,1-2H3,(H,12,13)/t7-,8-. The second-order valence-corrected chi connectivity index (χ2v) is 4.83. The normalized spacial score (nSPS) is 26.1. The molecular formula is C10H17NO5. The van der Waals surface area contributed by atoms with E-state index < -0.39 is 16.5 Å². The van der Waals surface area contributed by atoms with Gasteiger partial charge in [0.2, 0.25) is 0 Å². The number of carbonyl (C=O) groups is 1. The van der Waals surface area contributed by atoms with Gasteiger partial charge in [-0.05, 0) is 45.4 Å². The van der Waals surface area contributed by atoms with Crippen LogP contribution in [-0.4, -0.2) is 22.3 Å². The fraction of sp³-hybridized carbons (Fsp3) is 0.900. The van der Waals surface area contributed by atoms with Crippen LogP contribution in [0.25, 0.3) is 0 Å². The minimum atomic E-state index is -0.814. The minimum Gasteiger partial charge on any atom is -0.481 e. The van der Waals surface area contributed by atoms with E-state index in [0.717, 1.165) is 0 Å². The fourth-order valence-corrected chi connectivity index (χ4v) is 2.19. The number of carboxylic acids is 1. The van der Waals surface area contributed by atoms with E-state index in [9.17, 15) is 14.9 Å². The molecular weight excluding hydrogens is 214 g/mol. The molecule has 0 atom stereocenters. The number of nitrogens with zero attached hydrogens (tertiary/aromatic N) is 1. The number of carboxylic acid groups (broad SMARTS) is 1. The van der Waals surface area contributed by atoms with Crippen LogP contribution in [0.4, 0.5) is 0 Å². The van der Waals surface area contributed by atoms with Crippen molar-refractivity contribution in [1.29, 1.82) is 0 Å². The largest absolute Gasteiger partial charge is 0.481 e. The smallest absolute Gasteiger partial charge is 0.309 e. The van der Waals surface area contributed by atoms with E-state index in [1.54, 1.807) is 13.8 Å². The molecule has 1 fully saturated rings. The number of aliphatic carboxylic acids is 1. The van der Waals surface area contributed by atoms with Crippen molar-refractivity contribution in [1.82, 2.24) is 0 Å². The van der Waals surface area contributed by atoms with Crippen molar-refractivity contribution in [3.05, 3.63) is 10.1 Å². The predicted octanol–water partition coefficient (Wildman–Crippen LogP) is 1.86. The molecule has 1 N–H and O–H groups in total. The zero-order valence-electron chi connectivity index (χ0n) is 9.51. The zero-order valence-corrected chi connectivity index (χ0v) is 9.51. The highest BCUT2D eigenvalue weighted by Crippen LogP contribution is 2.39. The first-order chi connectivity index (χ1) is 7.34. The van der Waals surface area contributed by atoms with E-state index in [0.29, 0.717) is 25.7 Å². The molecule has 1 rings (SSSR count). The van der Waals surface area contributed by atoms with Crippen LogP contribution in [-0.2, 0) is 9.63 Å². The predicted molar refractivity (Wildman–Crippen MR) is 55.2 cm³/mol. The highest BCUT2D eigenvalue weighted by molar-refractivity contribution is 5.74. The molecule has 0 unspecified atom stereocenters. The monoisotopic (exact) mass is 231 g/mol. The summed E-state index contributed by atoms with van der Waals surface area (Å²) >= 11 is 0. The van der Waals surface area contributed by atoms with E-state index in [-0.39, 0.29) is 12.0 Å². The second-order valence-electron chi connectivity index (χ2n) is 4.83. The third-order valence-electron chi connectivity index (χ3n) is 3.48. The SMILES string of the molecule is CC(C)(C(=O)O)[C@H]1CC[C@H](O[N+](=O)[O-])CC1. The van der Waals surface area contributed by atoms with E-state index in [2.05, 4.69) is 4.84 Å². The highest BCUT2D eigenvalue weighted by Gasteiger charge is 2.39. The Hall–Kier alpha value is -1.33. The Morgan fingerprint density at radius 3 is 2.25 bits per heavy atom. The Kier molecular flexibility index (Phi) is 3.72. The molecule has 6 nitrogen and oxygen atoms in total. The van der Waals surface area contributed by atoms with Crippen molar-refractivity contribution < 1.29 is 19.8 Å². The molecule has 6 heteroatoms. The average molecular weight is 231 g/mol. The summed E-state index contributed by atoms with van der Waals surface area (Å²) in [7, 11) is 0. The average Bonchev–Trinajstić information content (AvgIpc) is 2.17. The third-order valence-corrected chi connectivity index (χ3v) is 3.48. The summed E-state index contributed by atoms with van der Waals surface area (Å²) in [5.74, 6) is -0.747. The Balaban J connectivity index is 2.49. The van der Waals surface area contributed by atoms with Crippen LogP contribution in [0.3, 0.4) is 0 Å². The summed E-state index contributed by atoms with van der Waals surface area (Å²) in [4.78, 5) is 25.7. The Bertz CT molecular complexity index is 281. The van der Waals surface area contributed by atoms with Gasteiger partial charge in [0, 0.05) is 0 Å². The van der Waals surface area contributed by atoms with Gasteiger partial charge in [0.15, 0.2) is 0 Å². The van der Waals surface area contributed by atoms with Gasteiger partial charge in [0.1, 0.15) is 6.10 Å². The molecule has 16 heavy (non-hydrogen) atoms. The maximum absolute atomic E-state index is 11.0. The van der Waals surface area contributed by atoms with Crippen LogP contribution in [0.1, 0.15) is 39.5 Å². The van der Waals surface area contributed by atoms with E-state index in [1.807, 2.05) is 0 Å². The molecule has 0 bridgehead atoms. The number of hydrogen-bond acceptors (Lipinski definition) is 4. The van der Waals surface area contributed by atoms with Crippen LogP contribution < -0.4 is 0 Å². The quantitative estimate of drug-likeness (QED) is 0.589. The van der Waals surface area contributed by atoms with Gasteiger partial charge in [-0.1, -0.05) is 0 Å². The minimum absolute atomic E-state index is 0.0663. The first-order valence-electron chi connectivity index (χ1n) is 5.38. The Morgan fingerprint density at radius 2 is 1.88 bits per heavy atom. The summed E-state index contributed by atoms with van der Waals surface area (Å²) < 4.78 is 0. The molecule has 1 aliphatic carbocycles. The molecule has 0 aromatic rings. The molecule has 0 heterocycles. The van der Waals surface area contributed by atoms with Gasteiger partial charge >= 0.3 is 5.97 Å². The molecule has 1 saturated carbocycles. The van der Waals surface area contributed by atoms with Gasteiger partial charge in [-0.25, -0.2) is 0 Å². The van der Waals surface area contributed by atoms with Crippen molar-refractivity contribution in [2.24, 2.45) is 11.3 Å². The molecule has 0 spiro atoms. The lowest BCUT2D eigenvalue weighted by Crippen LogP contribution is -2.37. The van der Waals surface area contributed by atoms with Crippen LogP contribution in [0, 0.1) is 21.4 Å². The second kappa shape index (κ2) is 4.67. The third kappa shape index (κ3) is 2.84. The van der Waals surface area contributed by atoms with Crippen LogP contribution in [0.15, 0.2) is 0 Å². The van der Waals surface area contributed by atoms with Crippen molar-refractivity contribution in [3.63, 3.8) is 0 Å². The van der Waals surface area contributed by atoms with Gasteiger partial charge in [0.25, 0.3) is 5.09 Å². The summed E-state index contributed by atoms with van der Waals surface area (Å²) in [6.45, 7) is 3.41. The maximum atomic E-state index is 11.0. The zero-order chi connectivity index (χ0) is 12.3. The van der Waals surface area contributed by atoms with E-state index in [4.69, 9.17) is 5.11 Å².